The Labute approximate surface area is 196 Å². The van der Waals surface area contributed by atoms with E-state index in [2.05, 4.69) is 23.5 Å². The second-order valence-corrected chi connectivity index (χ2v) is 8.02. The van der Waals surface area contributed by atoms with Crippen LogP contribution in [0.5, 0.6) is 11.5 Å². The first-order chi connectivity index (χ1) is 15.6. The van der Waals surface area contributed by atoms with Gasteiger partial charge in [0, 0.05) is 23.2 Å². The second-order valence-electron chi connectivity index (χ2n) is 7.21. The Morgan fingerprint density at radius 3 is 2.47 bits per heavy atom. The van der Waals surface area contributed by atoms with E-state index in [1.165, 1.54) is 11.5 Å². The van der Waals surface area contributed by atoms with Crippen molar-refractivity contribution in [3.8, 4) is 11.5 Å². The number of anilines is 1. The topological polar surface area (TPSA) is 30.5 Å². The molecule has 1 N–H and O–H groups in total. The molecule has 0 amide bonds. The fourth-order valence-corrected chi connectivity index (χ4v) is 4.02. The molecule has 0 radical (unpaired) electrons. The zero-order valence-electron chi connectivity index (χ0n) is 17.5. The quantitative estimate of drug-likeness (QED) is 0.284. The molecule has 164 valence electrons. The summed E-state index contributed by atoms with van der Waals surface area (Å²) < 4.78 is 25.7. The van der Waals surface area contributed by atoms with E-state index in [4.69, 9.17) is 32.7 Å². The standard InChI is InChI=1S/C26H22Cl2FNO2/c1-2-31-25-14-17(15-30-24-12-5-8-18-7-3-4-9-19(18)24)13-22(28)26(25)32-16-20-21(27)10-6-11-23(20)29/h3-14,30H,2,15-16H2,1H3. The maximum absolute atomic E-state index is 14.1. The molecule has 0 saturated heterocycles. The average molecular weight is 470 g/mol. The molecule has 0 aliphatic carbocycles. The number of ether oxygens (including phenoxy) is 2. The Morgan fingerprint density at radius 2 is 1.66 bits per heavy atom. The van der Waals surface area contributed by atoms with Crippen LogP contribution < -0.4 is 14.8 Å². The highest BCUT2D eigenvalue weighted by molar-refractivity contribution is 6.32. The van der Waals surface area contributed by atoms with Crippen LogP contribution in [0.1, 0.15) is 18.1 Å². The Kier molecular flexibility index (Phi) is 7.03. The van der Waals surface area contributed by atoms with Gasteiger partial charge in [0.1, 0.15) is 12.4 Å². The highest BCUT2D eigenvalue weighted by atomic mass is 35.5. The minimum absolute atomic E-state index is 0.0566. The van der Waals surface area contributed by atoms with Gasteiger partial charge in [0.05, 0.1) is 16.7 Å². The van der Waals surface area contributed by atoms with Gasteiger partial charge in [0.2, 0.25) is 0 Å². The van der Waals surface area contributed by atoms with Crippen LogP contribution in [-0.4, -0.2) is 6.61 Å². The number of hydrogen-bond donors (Lipinski definition) is 1. The molecule has 4 aromatic carbocycles. The molecule has 0 bridgehead atoms. The molecule has 4 aromatic rings. The molecule has 0 atom stereocenters. The molecule has 32 heavy (non-hydrogen) atoms. The van der Waals surface area contributed by atoms with Crippen molar-refractivity contribution in [1.29, 1.82) is 0 Å². The van der Waals surface area contributed by atoms with Gasteiger partial charge < -0.3 is 14.8 Å². The first-order valence-electron chi connectivity index (χ1n) is 10.3. The van der Waals surface area contributed by atoms with E-state index < -0.39 is 5.82 Å². The van der Waals surface area contributed by atoms with Crippen molar-refractivity contribution in [2.75, 3.05) is 11.9 Å². The molecule has 0 unspecified atom stereocenters. The summed E-state index contributed by atoms with van der Waals surface area (Å²) >= 11 is 12.6. The van der Waals surface area contributed by atoms with E-state index in [0.29, 0.717) is 34.7 Å². The summed E-state index contributed by atoms with van der Waals surface area (Å²) in [5.41, 5.74) is 2.24. The summed E-state index contributed by atoms with van der Waals surface area (Å²) in [6.07, 6.45) is 0. The van der Waals surface area contributed by atoms with Crippen molar-refractivity contribution in [2.45, 2.75) is 20.1 Å². The molecule has 0 saturated carbocycles. The van der Waals surface area contributed by atoms with E-state index >= 15 is 0 Å². The zero-order chi connectivity index (χ0) is 22.5. The van der Waals surface area contributed by atoms with Crippen molar-refractivity contribution in [2.24, 2.45) is 0 Å². The highest BCUT2D eigenvalue weighted by Crippen LogP contribution is 2.38. The molecular formula is C26H22Cl2FNO2. The predicted molar refractivity (Wildman–Crippen MR) is 130 cm³/mol. The van der Waals surface area contributed by atoms with Crippen LogP contribution in [-0.2, 0) is 13.2 Å². The Bertz CT molecular complexity index is 1220. The Balaban J connectivity index is 1.55. The summed E-state index contributed by atoms with van der Waals surface area (Å²) in [7, 11) is 0. The normalized spacial score (nSPS) is 10.9. The number of fused-ring (bicyclic) bond motifs is 1. The third-order valence-electron chi connectivity index (χ3n) is 5.06. The van der Waals surface area contributed by atoms with Gasteiger partial charge in [-0.3, -0.25) is 0 Å². The number of benzene rings is 4. The minimum atomic E-state index is -0.428. The Hall–Kier alpha value is -2.95. The summed E-state index contributed by atoms with van der Waals surface area (Å²) in [6, 6.07) is 22.6. The number of hydrogen-bond acceptors (Lipinski definition) is 3. The van der Waals surface area contributed by atoms with Gasteiger partial charge in [0.25, 0.3) is 0 Å². The summed E-state index contributed by atoms with van der Waals surface area (Å²) in [6.45, 7) is 2.81. The molecule has 0 aromatic heterocycles. The number of rotatable bonds is 8. The maximum Gasteiger partial charge on any atom is 0.180 e. The minimum Gasteiger partial charge on any atom is -0.490 e. The van der Waals surface area contributed by atoms with Crippen LogP contribution in [0.4, 0.5) is 10.1 Å². The van der Waals surface area contributed by atoms with Crippen LogP contribution in [0, 0.1) is 5.82 Å². The van der Waals surface area contributed by atoms with Gasteiger partial charge in [-0.25, -0.2) is 4.39 Å². The molecule has 0 fully saturated rings. The molecule has 0 heterocycles. The van der Waals surface area contributed by atoms with Crippen LogP contribution in [0.25, 0.3) is 10.8 Å². The second kappa shape index (κ2) is 10.1. The molecule has 0 spiro atoms. The van der Waals surface area contributed by atoms with Gasteiger partial charge >= 0.3 is 0 Å². The van der Waals surface area contributed by atoms with Gasteiger partial charge in [-0.15, -0.1) is 0 Å². The molecule has 0 aliphatic heterocycles. The molecule has 0 aliphatic rings. The van der Waals surface area contributed by atoms with Crippen molar-refractivity contribution in [3.05, 3.63) is 99.8 Å². The SMILES string of the molecule is CCOc1cc(CNc2cccc3ccccc23)cc(Cl)c1OCc1c(F)cccc1Cl. The van der Waals surface area contributed by atoms with E-state index in [0.717, 1.165) is 16.6 Å². The lowest BCUT2D eigenvalue weighted by Crippen LogP contribution is -2.05. The molecular weight excluding hydrogens is 448 g/mol. The highest BCUT2D eigenvalue weighted by Gasteiger charge is 2.15. The van der Waals surface area contributed by atoms with E-state index in [1.807, 2.05) is 43.3 Å². The predicted octanol–water partition coefficient (Wildman–Crippen LogP) is 7.88. The molecule has 4 rings (SSSR count). The third kappa shape index (κ3) is 4.93. The van der Waals surface area contributed by atoms with Gasteiger partial charge in [-0.2, -0.15) is 0 Å². The van der Waals surface area contributed by atoms with Crippen LogP contribution in [0.15, 0.2) is 72.8 Å². The zero-order valence-corrected chi connectivity index (χ0v) is 19.0. The van der Waals surface area contributed by atoms with E-state index in [-0.39, 0.29) is 12.2 Å². The van der Waals surface area contributed by atoms with Crippen molar-refractivity contribution in [1.82, 2.24) is 0 Å². The Morgan fingerprint density at radius 1 is 0.875 bits per heavy atom. The lowest BCUT2D eigenvalue weighted by atomic mass is 10.1. The number of halogens is 3. The van der Waals surface area contributed by atoms with Crippen LogP contribution in [0.2, 0.25) is 10.0 Å². The van der Waals surface area contributed by atoms with E-state index in [9.17, 15) is 4.39 Å². The van der Waals surface area contributed by atoms with Gasteiger partial charge in [0.15, 0.2) is 11.5 Å². The molecule has 3 nitrogen and oxygen atoms in total. The van der Waals surface area contributed by atoms with Crippen molar-refractivity contribution >= 4 is 39.7 Å². The monoisotopic (exact) mass is 469 g/mol. The van der Waals surface area contributed by atoms with Crippen molar-refractivity contribution in [3.63, 3.8) is 0 Å². The maximum atomic E-state index is 14.1. The lowest BCUT2D eigenvalue weighted by molar-refractivity contribution is 0.266. The summed E-state index contributed by atoms with van der Waals surface area (Å²) in [4.78, 5) is 0. The van der Waals surface area contributed by atoms with Crippen LogP contribution >= 0.6 is 23.2 Å². The third-order valence-corrected chi connectivity index (χ3v) is 5.70. The molecule has 6 heteroatoms. The van der Waals surface area contributed by atoms with Crippen molar-refractivity contribution < 1.29 is 13.9 Å². The average Bonchev–Trinajstić information content (AvgIpc) is 2.79. The van der Waals surface area contributed by atoms with E-state index in [1.54, 1.807) is 12.1 Å². The summed E-state index contributed by atoms with van der Waals surface area (Å²) in [5, 5.41) is 6.47. The smallest absolute Gasteiger partial charge is 0.180 e. The fraction of sp³-hybridized carbons (Fsp3) is 0.154. The lowest BCUT2D eigenvalue weighted by Gasteiger charge is -2.17. The fourth-order valence-electron chi connectivity index (χ4n) is 3.52. The first kappa shape index (κ1) is 22.3. The van der Waals surface area contributed by atoms with Crippen LogP contribution in [0.3, 0.4) is 0 Å². The largest absolute Gasteiger partial charge is 0.490 e. The van der Waals surface area contributed by atoms with Gasteiger partial charge in [-0.05, 0) is 48.2 Å². The van der Waals surface area contributed by atoms with Gasteiger partial charge in [-0.1, -0.05) is 65.7 Å². The summed E-state index contributed by atoms with van der Waals surface area (Å²) in [5.74, 6) is 0.436. The number of nitrogens with one attached hydrogen (secondary N) is 1. The first-order valence-corrected chi connectivity index (χ1v) is 11.0.